The van der Waals surface area contributed by atoms with Gasteiger partial charge in [-0.2, -0.15) is 5.10 Å². The number of hydrogen-bond donors (Lipinski definition) is 1. The average molecular weight is 250 g/mol. The largest absolute Gasteiger partial charge is 0.398 e. The van der Waals surface area contributed by atoms with Crippen LogP contribution in [0.15, 0.2) is 24.4 Å². The fourth-order valence-electron chi connectivity index (χ4n) is 1.91. The third-order valence-corrected chi connectivity index (χ3v) is 3.08. The predicted octanol–water partition coefficient (Wildman–Crippen LogP) is 3.50. The van der Waals surface area contributed by atoms with Crippen molar-refractivity contribution in [1.82, 2.24) is 9.78 Å². The Labute approximate surface area is 106 Å². The number of aryl methyl sites for hydroxylation is 1. The Morgan fingerprint density at radius 1 is 1.35 bits per heavy atom. The first-order valence-electron chi connectivity index (χ1n) is 5.71. The van der Waals surface area contributed by atoms with Gasteiger partial charge < -0.3 is 5.73 Å². The lowest BCUT2D eigenvalue weighted by Crippen LogP contribution is -2.01. The van der Waals surface area contributed by atoms with Gasteiger partial charge in [0.05, 0.1) is 6.20 Å². The normalized spacial score (nSPS) is 10.8. The van der Waals surface area contributed by atoms with E-state index in [1.54, 1.807) is 6.07 Å². The summed E-state index contributed by atoms with van der Waals surface area (Å²) in [6.07, 6.45) is 2.92. The van der Waals surface area contributed by atoms with Gasteiger partial charge >= 0.3 is 0 Å². The summed E-state index contributed by atoms with van der Waals surface area (Å²) < 4.78 is 2.00. The molecule has 90 valence electrons. The predicted molar refractivity (Wildman–Crippen MR) is 72.1 cm³/mol. The summed E-state index contributed by atoms with van der Waals surface area (Å²) >= 11 is 6.00. The lowest BCUT2D eigenvalue weighted by atomic mass is 10.1. The van der Waals surface area contributed by atoms with Gasteiger partial charge in [0.1, 0.15) is 0 Å². The lowest BCUT2D eigenvalue weighted by molar-refractivity contribution is 0.587. The Morgan fingerprint density at radius 3 is 2.82 bits per heavy atom. The van der Waals surface area contributed by atoms with E-state index in [2.05, 4.69) is 18.9 Å². The molecule has 4 heteroatoms. The first kappa shape index (κ1) is 12.0. The average Bonchev–Trinajstić information content (AvgIpc) is 2.65. The zero-order chi connectivity index (χ0) is 12.4. The SMILES string of the molecule is CCCn1ncc(-c2cc(Cl)ccc2N)c1C. The van der Waals surface area contributed by atoms with Crippen LogP contribution in [0.3, 0.4) is 0 Å². The standard InChI is InChI=1S/C13H16ClN3/c1-3-6-17-9(2)12(8-16-17)11-7-10(14)4-5-13(11)15/h4-5,7-8H,3,6,15H2,1-2H3. The molecule has 0 amide bonds. The van der Waals surface area contributed by atoms with E-state index in [1.165, 1.54) is 0 Å². The van der Waals surface area contributed by atoms with Crippen LogP contribution in [0.1, 0.15) is 19.0 Å². The molecule has 0 aliphatic rings. The number of rotatable bonds is 3. The number of anilines is 1. The Hall–Kier alpha value is -1.48. The highest BCUT2D eigenvalue weighted by atomic mass is 35.5. The molecular weight excluding hydrogens is 234 g/mol. The highest BCUT2D eigenvalue weighted by Crippen LogP contribution is 2.30. The van der Waals surface area contributed by atoms with E-state index in [0.717, 1.165) is 35.5 Å². The summed E-state index contributed by atoms with van der Waals surface area (Å²) in [5.74, 6) is 0. The van der Waals surface area contributed by atoms with Crippen LogP contribution in [-0.4, -0.2) is 9.78 Å². The highest BCUT2D eigenvalue weighted by Gasteiger charge is 2.11. The molecule has 0 unspecified atom stereocenters. The molecule has 1 heterocycles. The van der Waals surface area contributed by atoms with Crippen molar-refractivity contribution in [3.8, 4) is 11.1 Å². The molecule has 0 spiro atoms. The maximum absolute atomic E-state index is 6.00. The maximum Gasteiger partial charge on any atom is 0.0571 e. The summed E-state index contributed by atoms with van der Waals surface area (Å²) in [6, 6.07) is 5.51. The molecule has 0 radical (unpaired) electrons. The number of hydrogen-bond acceptors (Lipinski definition) is 2. The van der Waals surface area contributed by atoms with Crippen LogP contribution < -0.4 is 5.73 Å². The number of benzene rings is 1. The second-order valence-corrected chi connectivity index (χ2v) is 4.53. The highest BCUT2D eigenvalue weighted by molar-refractivity contribution is 6.31. The molecule has 0 saturated heterocycles. The molecule has 1 aromatic heterocycles. The van der Waals surface area contributed by atoms with Crippen molar-refractivity contribution in [3.63, 3.8) is 0 Å². The molecule has 3 nitrogen and oxygen atoms in total. The summed E-state index contributed by atoms with van der Waals surface area (Å²) in [6.45, 7) is 5.11. The van der Waals surface area contributed by atoms with Crippen LogP contribution >= 0.6 is 11.6 Å². The molecule has 2 rings (SSSR count). The number of nitrogen functional groups attached to an aromatic ring is 1. The summed E-state index contributed by atoms with van der Waals surface area (Å²) in [7, 11) is 0. The van der Waals surface area contributed by atoms with Crippen molar-refractivity contribution in [3.05, 3.63) is 35.1 Å². The van der Waals surface area contributed by atoms with Gasteiger partial charge in [0.2, 0.25) is 0 Å². The van der Waals surface area contributed by atoms with Gasteiger partial charge in [-0.3, -0.25) is 4.68 Å². The number of nitrogens with two attached hydrogens (primary N) is 1. The van der Waals surface area contributed by atoms with E-state index < -0.39 is 0 Å². The Kier molecular flexibility index (Phi) is 3.38. The van der Waals surface area contributed by atoms with Crippen molar-refractivity contribution < 1.29 is 0 Å². The minimum atomic E-state index is 0.692. The third-order valence-electron chi connectivity index (χ3n) is 2.84. The van der Waals surface area contributed by atoms with Gasteiger partial charge in [-0.25, -0.2) is 0 Å². The Balaban J connectivity index is 2.49. The van der Waals surface area contributed by atoms with Gasteiger partial charge in [0.15, 0.2) is 0 Å². The van der Waals surface area contributed by atoms with Gasteiger partial charge in [-0.15, -0.1) is 0 Å². The van der Waals surface area contributed by atoms with Crippen LogP contribution in [0.4, 0.5) is 5.69 Å². The molecule has 0 aliphatic carbocycles. The number of halogens is 1. The minimum Gasteiger partial charge on any atom is -0.398 e. The molecule has 0 bridgehead atoms. The van der Waals surface area contributed by atoms with Gasteiger partial charge in [-0.1, -0.05) is 18.5 Å². The topological polar surface area (TPSA) is 43.8 Å². The van der Waals surface area contributed by atoms with E-state index in [-0.39, 0.29) is 0 Å². The fourth-order valence-corrected chi connectivity index (χ4v) is 2.08. The summed E-state index contributed by atoms with van der Waals surface area (Å²) in [5, 5.41) is 5.06. The molecule has 0 fully saturated rings. The van der Waals surface area contributed by atoms with Crippen LogP contribution in [0, 0.1) is 6.92 Å². The van der Waals surface area contributed by atoms with Gasteiger partial charge in [-0.05, 0) is 31.5 Å². The smallest absolute Gasteiger partial charge is 0.0571 e. The lowest BCUT2D eigenvalue weighted by Gasteiger charge is -2.07. The summed E-state index contributed by atoms with van der Waals surface area (Å²) in [5.41, 5.74) is 9.84. The quantitative estimate of drug-likeness (QED) is 0.846. The van der Waals surface area contributed by atoms with E-state index in [4.69, 9.17) is 17.3 Å². The molecule has 2 N–H and O–H groups in total. The Morgan fingerprint density at radius 2 is 2.12 bits per heavy atom. The van der Waals surface area contributed by atoms with Crippen molar-refractivity contribution in [1.29, 1.82) is 0 Å². The van der Waals surface area contributed by atoms with Crippen LogP contribution in [0.2, 0.25) is 5.02 Å². The number of nitrogens with zero attached hydrogens (tertiary/aromatic N) is 2. The molecule has 0 saturated carbocycles. The summed E-state index contributed by atoms with van der Waals surface area (Å²) in [4.78, 5) is 0. The van der Waals surface area contributed by atoms with Crippen LogP contribution in [0.25, 0.3) is 11.1 Å². The van der Waals surface area contributed by atoms with E-state index in [0.29, 0.717) is 5.02 Å². The maximum atomic E-state index is 6.00. The molecular formula is C13H16ClN3. The monoisotopic (exact) mass is 249 g/mol. The first-order chi connectivity index (χ1) is 8.13. The molecule has 0 aliphatic heterocycles. The van der Waals surface area contributed by atoms with Crippen molar-refractivity contribution in [2.24, 2.45) is 0 Å². The van der Waals surface area contributed by atoms with Crippen LogP contribution in [-0.2, 0) is 6.54 Å². The van der Waals surface area contributed by atoms with Crippen molar-refractivity contribution >= 4 is 17.3 Å². The second kappa shape index (κ2) is 4.80. The van der Waals surface area contributed by atoms with Crippen molar-refractivity contribution in [2.45, 2.75) is 26.8 Å². The van der Waals surface area contributed by atoms with Crippen LogP contribution in [0.5, 0.6) is 0 Å². The van der Waals surface area contributed by atoms with E-state index in [1.807, 2.05) is 23.0 Å². The third kappa shape index (κ3) is 2.29. The first-order valence-corrected chi connectivity index (χ1v) is 6.09. The minimum absolute atomic E-state index is 0.692. The number of aromatic nitrogens is 2. The fraction of sp³-hybridized carbons (Fsp3) is 0.308. The Bertz CT molecular complexity index is 531. The van der Waals surface area contributed by atoms with E-state index >= 15 is 0 Å². The molecule has 0 atom stereocenters. The molecule has 2 aromatic rings. The van der Waals surface area contributed by atoms with Gasteiger partial charge in [0.25, 0.3) is 0 Å². The zero-order valence-electron chi connectivity index (χ0n) is 10.1. The second-order valence-electron chi connectivity index (χ2n) is 4.10. The van der Waals surface area contributed by atoms with Crippen molar-refractivity contribution in [2.75, 3.05) is 5.73 Å². The van der Waals surface area contributed by atoms with E-state index in [9.17, 15) is 0 Å². The molecule has 1 aromatic carbocycles. The molecule has 17 heavy (non-hydrogen) atoms. The van der Waals surface area contributed by atoms with Gasteiger partial charge in [0, 0.05) is 34.1 Å². The zero-order valence-corrected chi connectivity index (χ0v) is 10.8.